The molecule has 126 valence electrons. The third kappa shape index (κ3) is 2.99. The highest BCUT2D eigenvalue weighted by Gasteiger charge is 2.15. The fourth-order valence-corrected chi connectivity index (χ4v) is 4.32. The Bertz CT molecular complexity index is 1040. The quantitative estimate of drug-likeness (QED) is 0.442. The van der Waals surface area contributed by atoms with E-state index in [9.17, 15) is 0 Å². The lowest BCUT2D eigenvalue weighted by molar-refractivity contribution is 0.924. The van der Waals surface area contributed by atoms with Crippen LogP contribution in [0.2, 0.25) is 0 Å². The number of rotatable bonds is 4. The zero-order chi connectivity index (χ0) is 17.4. The van der Waals surface area contributed by atoms with Crippen LogP contribution in [-0.2, 0) is 6.42 Å². The summed E-state index contributed by atoms with van der Waals surface area (Å²) in [6.07, 6.45) is 2.11. The maximum atomic E-state index is 5.64. The van der Waals surface area contributed by atoms with Gasteiger partial charge in [-0.15, -0.1) is 11.3 Å². The monoisotopic (exact) mass is 366 g/mol. The zero-order valence-corrected chi connectivity index (χ0v) is 15.4. The SMILES string of the molecule is CCCc1cc(-c2cc3ccccc3s2)c2[nH]nc(NC(N)=S)c2c1. The fraction of sp³-hybridized carbons (Fsp3) is 0.158. The van der Waals surface area contributed by atoms with Crippen molar-refractivity contribution in [3.63, 3.8) is 0 Å². The predicted octanol–water partition coefficient (Wildman–Crippen LogP) is 5.05. The van der Waals surface area contributed by atoms with E-state index in [0.717, 1.165) is 23.7 Å². The molecule has 0 amide bonds. The summed E-state index contributed by atoms with van der Waals surface area (Å²) >= 11 is 6.77. The van der Waals surface area contributed by atoms with E-state index in [-0.39, 0.29) is 5.11 Å². The van der Waals surface area contributed by atoms with Gasteiger partial charge in [-0.2, -0.15) is 5.10 Å². The van der Waals surface area contributed by atoms with Crippen LogP contribution in [0.5, 0.6) is 0 Å². The number of nitrogens with zero attached hydrogens (tertiary/aromatic N) is 1. The highest BCUT2D eigenvalue weighted by atomic mass is 32.1. The number of benzene rings is 2. The number of nitrogens with two attached hydrogens (primary N) is 1. The van der Waals surface area contributed by atoms with Crippen molar-refractivity contribution in [1.29, 1.82) is 0 Å². The van der Waals surface area contributed by atoms with Gasteiger partial charge in [0.25, 0.3) is 0 Å². The maximum absolute atomic E-state index is 5.64. The van der Waals surface area contributed by atoms with Crippen LogP contribution in [-0.4, -0.2) is 15.3 Å². The van der Waals surface area contributed by atoms with Crippen molar-refractivity contribution >= 4 is 55.5 Å². The Labute approximate surface area is 155 Å². The molecular weight excluding hydrogens is 348 g/mol. The molecule has 25 heavy (non-hydrogen) atoms. The van der Waals surface area contributed by atoms with Crippen molar-refractivity contribution in [3.8, 4) is 10.4 Å². The van der Waals surface area contributed by atoms with E-state index in [1.165, 1.54) is 26.1 Å². The van der Waals surface area contributed by atoms with Crippen molar-refractivity contribution in [2.75, 3.05) is 5.32 Å². The molecular formula is C19H18N4S2. The van der Waals surface area contributed by atoms with Gasteiger partial charge in [-0.05, 0) is 53.9 Å². The molecule has 0 spiro atoms. The van der Waals surface area contributed by atoms with Gasteiger partial charge in [0.1, 0.15) is 0 Å². The van der Waals surface area contributed by atoms with Gasteiger partial charge in [0.2, 0.25) is 0 Å². The summed E-state index contributed by atoms with van der Waals surface area (Å²) < 4.78 is 1.28. The van der Waals surface area contributed by atoms with Crippen LogP contribution in [0.1, 0.15) is 18.9 Å². The van der Waals surface area contributed by atoms with Crippen molar-refractivity contribution in [1.82, 2.24) is 10.2 Å². The molecule has 4 N–H and O–H groups in total. The number of thiocarbonyl (C=S) groups is 1. The van der Waals surface area contributed by atoms with Gasteiger partial charge in [-0.25, -0.2) is 0 Å². The number of anilines is 1. The van der Waals surface area contributed by atoms with Crippen molar-refractivity contribution in [3.05, 3.63) is 48.0 Å². The van der Waals surface area contributed by atoms with Crippen LogP contribution in [0.15, 0.2) is 42.5 Å². The van der Waals surface area contributed by atoms with Crippen LogP contribution in [0, 0.1) is 0 Å². The molecule has 2 heterocycles. The summed E-state index contributed by atoms with van der Waals surface area (Å²) in [4.78, 5) is 1.23. The summed E-state index contributed by atoms with van der Waals surface area (Å²) in [5.74, 6) is 0.683. The molecule has 2 aromatic carbocycles. The first-order chi connectivity index (χ1) is 12.2. The summed E-state index contributed by atoms with van der Waals surface area (Å²) in [5, 5.41) is 13.0. The Kier molecular flexibility index (Phi) is 4.15. The number of aromatic nitrogens is 2. The fourth-order valence-electron chi connectivity index (χ4n) is 3.14. The van der Waals surface area contributed by atoms with Gasteiger partial charge in [0.15, 0.2) is 10.9 Å². The van der Waals surface area contributed by atoms with E-state index in [1.807, 2.05) is 0 Å². The lowest BCUT2D eigenvalue weighted by Crippen LogP contribution is -2.19. The zero-order valence-electron chi connectivity index (χ0n) is 13.8. The standard InChI is InChI=1S/C19H18N4S2/c1-2-5-11-8-13(16-10-12-6-3-4-7-15(12)25-16)17-14(9-11)18(23-22-17)21-19(20)24/h3-4,6-10H,2,5H2,1H3,(H4,20,21,22,23,24). The number of H-pyrrole nitrogens is 1. The van der Waals surface area contributed by atoms with Gasteiger partial charge < -0.3 is 11.1 Å². The lowest BCUT2D eigenvalue weighted by Gasteiger charge is -2.06. The number of aryl methyl sites for hydroxylation is 1. The number of aromatic amines is 1. The molecule has 4 rings (SSSR count). The molecule has 0 aliphatic rings. The summed E-state index contributed by atoms with van der Waals surface area (Å²) in [6, 6.07) is 15.1. The first-order valence-corrected chi connectivity index (χ1v) is 9.44. The average molecular weight is 367 g/mol. The molecule has 0 unspecified atom stereocenters. The second-order valence-corrected chi connectivity index (χ2v) is 7.55. The molecule has 2 aromatic heterocycles. The summed E-state index contributed by atoms with van der Waals surface area (Å²) in [5.41, 5.74) is 9.10. The molecule has 0 radical (unpaired) electrons. The normalized spacial score (nSPS) is 11.2. The van der Waals surface area contributed by atoms with Crippen LogP contribution in [0.3, 0.4) is 0 Å². The molecule has 0 aliphatic heterocycles. The molecule has 4 nitrogen and oxygen atoms in total. The van der Waals surface area contributed by atoms with E-state index in [1.54, 1.807) is 11.3 Å². The Morgan fingerprint density at radius 3 is 2.88 bits per heavy atom. The number of hydrogen-bond acceptors (Lipinski definition) is 3. The molecule has 0 aliphatic carbocycles. The molecule has 0 atom stereocenters. The van der Waals surface area contributed by atoms with Crippen molar-refractivity contribution in [2.45, 2.75) is 19.8 Å². The number of fused-ring (bicyclic) bond motifs is 2. The second kappa shape index (κ2) is 6.46. The topological polar surface area (TPSA) is 66.7 Å². The van der Waals surface area contributed by atoms with Gasteiger partial charge >= 0.3 is 0 Å². The van der Waals surface area contributed by atoms with E-state index >= 15 is 0 Å². The third-order valence-electron chi connectivity index (χ3n) is 4.20. The minimum atomic E-state index is 0.220. The van der Waals surface area contributed by atoms with Crippen LogP contribution in [0.4, 0.5) is 5.82 Å². The second-order valence-electron chi connectivity index (χ2n) is 6.03. The molecule has 0 fully saturated rings. The van der Waals surface area contributed by atoms with Crippen LogP contribution < -0.4 is 11.1 Å². The molecule has 0 saturated heterocycles. The molecule has 0 bridgehead atoms. The molecule has 0 saturated carbocycles. The summed E-state index contributed by atoms with van der Waals surface area (Å²) in [7, 11) is 0. The Morgan fingerprint density at radius 2 is 2.12 bits per heavy atom. The van der Waals surface area contributed by atoms with Gasteiger partial charge in [-0.3, -0.25) is 5.10 Å². The van der Waals surface area contributed by atoms with E-state index in [0.29, 0.717) is 5.82 Å². The Morgan fingerprint density at radius 1 is 1.28 bits per heavy atom. The Hall–Kier alpha value is -2.44. The van der Waals surface area contributed by atoms with E-state index in [2.05, 4.69) is 64.9 Å². The lowest BCUT2D eigenvalue weighted by atomic mass is 10.0. The molecule has 4 aromatic rings. The highest BCUT2D eigenvalue weighted by molar-refractivity contribution is 7.80. The minimum absolute atomic E-state index is 0.220. The first-order valence-electron chi connectivity index (χ1n) is 8.22. The number of thiophene rings is 1. The Balaban J connectivity index is 1.94. The average Bonchev–Trinajstić information content (AvgIpc) is 3.18. The van der Waals surface area contributed by atoms with E-state index in [4.69, 9.17) is 18.0 Å². The predicted molar refractivity (Wildman–Crippen MR) is 111 cm³/mol. The van der Waals surface area contributed by atoms with Crippen LogP contribution >= 0.6 is 23.6 Å². The van der Waals surface area contributed by atoms with Crippen molar-refractivity contribution < 1.29 is 0 Å². The number of hydrogen-bond donors (Lipinski definition) is 3. The van der Waals surface area contributed by atoms with Gasteiger partial charge in [0, 0.05) is 20.5 Å². The van der Waals surface area contributed by atoms with Crippen LogP contribution in [0.25, 0.3) is 31.4 Å². The molecule has 6 heteroatoms. The largest absolute Gasteiger partial charge is 0.376 e. The number of nitrogens with one attached hydrogen (secondary N) is 2. The minimum Gasteiger partial charge on any atom is -0.376 e. The first kappa shape index (κ1) is 16.1. The van der Waals surface area contributed by atoms with Gasteiger partial charge in [-0.1, -0.05) is 31.5 Å². The maximum Gasteiger partial charge on any atom is 0.169 e. The third-order valence-corrected chi connectivity index (χ3v) is 5.46. The van der Waals surface area contributed by atoms with E-state index < -0.39 is 0 Å². The summed E-state index contributed by atoms with van der Waals surface area (Å²) in [6.45, 7) is 2.19. The smallest absolute Gasteiger partial charge is 0.169 e. The van der Waals surface area contributed by atoms with Crippen molar-refractivity contribution in [2.24, 2.45) is 5.73 Å². The highest BCUT2D eigenvalue weighted by Crippen LogP contribution is 2.38. The van der Waals surface area contributed by atoms with Gasteiger partial charge in [0.05, 0.1) is 5.52 Å².